The van der Waals surface area contributed by atoms with E-state index in [1.165, 1.54) is 29.2 Å². The van der Waals surface area contributed by atoms with E-state index in [0.717, 1.165) is 12.1 Å². The molecule has 188 valence electrons. The van der Waals surface area contributed by atoms with Crippen LogP contribution in [-0.2, 0) is 11.9 Å². The van der Waals surface area contributed by atoms with Gasteiger partial charge in [-0.2, -0.15) is 13.2 Å². The summed E-state index contributed by atoms with van der Waals surface area (Å²) in [6.45, 7) is 5.98. The summed E-state index contributed by atoms with van der Waals surface area (Å²) in [7, 11) is 0. The average Bonchev–Trinajstić information content (AvgIpc) is 3.50. The Bertz CT molecular complexity index is 1340. The van der Waals surface area contributed by atoms with Gasteiger partial charge in [-0.3, -0.25) is 14.3 Å². The van der Waals surface area contributed by atoms with Crippen LogP contribution in [0, 0.1) is 5.92 Å². The monoisotopic (exact) mass is 532 g/mol. The van der Waals surface area contributed by atoms with Crippen LogP contribution in [0.1, 0.15) is 41.8 Å². The third-order valence-corrected chi connectivity index (χ3v) is 7.44. The van der Waals surface area contributed by atoms with E-state index in [1.54, 1.807) is 40.5 Å². The van der Waals surface area contributed by atoms with Crippen molar-refractivity contribution in [2.75, 3.05) is 0 Å². The van der Waals surface area contributed by atoms with E-state index < -0.39 is 11.7 Å². The van der Waals surface area contributed by atoms with E-state index in [0.29, 0.717) is 38.9 Å². The molecule has 0 spiro atoms. The van der Waals surface area contributed by atoms with Crippen molar-refractivity contribution in [1.29, 1.82) is 0 Å². The number of hydrogen-bond donors (Lipinski definition) is 1. The van der Waals surface area contributed by atoms with Gasteiger partial charge in [0.1, 0.15) is 10.7 Å². The van der Waals surface area contributed by atoms with Crippen LogP contribution in [0.15, 0.2) is 59.3 Å². The molecule has 0 bridgehead atoms. The number of alkyl halides is 3. The second-order valence-corrected chi connectivity index (χ2v) is 10.2. The minimum Gasteiger partial charge on any atom is -0.348 e. The molecular weight excluding hydrogens is 509 g/mol. The maximum absolute atomic E-state index is 13.4. The lowest BCUT2D eigenvalue weighted by Crippen LogP contribution is -2.36. The van der Waals surface area contributed by atoms with Gasteiger partial charge in [-0.05, 0) is 43.2 Å². The summed E-state index contributed by atoms with van der Waals surface area (Å²) < 4.78 is 41.8. The van der Waals surface area contributed by atoms with E-state index in [1.807, 2.05) is 20.8 Å². The van der Waals surface area contributed by atoms with Crippen molar-refractivity contribution in [1.82, 2.24) is 30.0 Å². The minimum atomic E-state index is -4.49. The fourth-order valence-electron chi connectivity index (χ4n) is 3.16. The first-order valence-electron chi connectivity index (χ1n) is 11.0. The normalized spacial score (nSPS) is 12.6. The molecule has 4 rings (SSSR count). The molecule has 1 N–H and O–H groups in total. The standard InChI is InChI=1S/C24H23F3N6OS2/c1-14(2)15(3)29-22(34)19-12-35-20(30-19)13-36-23-32-31-21(16-7-9-28-10-8-16)33(23)18-6-4-5-17(11-18)24(25,26)27/h4-12,14-15H,13H2,1-3H3,(H,29,34). The number of halogens is 3. The largest absolute Gasteiger partial charge is 0.416 e. The number of rotatable bonds is 8. The van der Waals surface area contributed by atoms with E-state index in [9.17, 15) is 18.0 Å². The third kappa shape index (κ3) is 5.93. The van der Waals surface area contributed by atoms with Gasteiger partial charge in [0.2, 0.25) is 0 Å². The maximum Gasteiger partial charge on any atom is 0.416 e. The van der Waals surface area contributed by atoms with Crippen molar-refractivity contribution in [3.8, 4) is 17.1 Å². The molecular formula is C24H23F3N6OS2. The molecule has 0 aliphatic carbocycles. The van der Waals surface area contributed by atoms with Crippen molar-refractivity contribution in [2.24, 2.45) is 5.92 Å². The maximum atomic E-state index is 13.4. The Balaban J connectivity index is 1.61. The molecule has 1 unspecified atom stereocenters. The highest BCUT2D eigenvalue weighted by molar-refractivity contribution is 7.98. The second-order valence-electron chi connectivity index (χ2n) is 8.35. The van der Waals surface area contributed by atoms with E-state index in [-0.39, 0.29) is 17.6 Å². The lowest BCUT2D eigenvalue weighted by molar-refractivity contribution is -0.137. The molecule has 12 heteroatoms. The van der Waals surface area contributed by atoms with Crippen LogP contribution in [0.3, 0.4) is 0 Å². The van der Waals surface area contributed by atoms with Crippen molar-refractivity contribution in [2.45, 2.75) is 43.9 Å². The Morgan fingerprint density at radius 1 is 1.14 bits per heavy atom. The van der Waals surface area contributed by atoms with Crippen molar-refractivity contribution in [3.63, 3.8) is 0 Å². The molecule has 1 amide bonds. The quantitative estimate of drug-likeness (QED) is 0.286. The van der Waals surface area contributed by atoms with Crippen molar-refractivity contribution < 1.29 is 18.0 Å². The molecule has 3 heterocycles. The molecule has 0 fully saturated rings. The lowest BCUT2D eigenvalue weighted by atomic mass is 10.1. The second kappa shape index (κ2) is 10.8. The number of thiazole rings is 1. The third-order valence-electron chi connectivity index (χ3n) is 5.47. The van der Waals surface area contributed by atoms with Crippen LogP contribution in [-0.4, -0.2) is 36.7 Å². The first-order chi connectivity index (χ1) is 17.1. The molecule has 36 heavy (non-hydrogen) atoms. The summed E-state index contributed by atoms with van der Waals surface area (Å²) in [5.41, 5.74) is 0.511. The number of aromatic nitrogens is 5. The van der Waals surface area contributed by atoms with Crippen LogP contribution >= 0.6 is 23.1 Å². The molecule has 0 saturated heterocycles. The highest BCUT2D eigenvalue weighted by Crippen LogP contribution is 2.34. The molecule has 1 atom stereocenters. The summed E-state index contributed by atoms with van der Waals surface area (Å²) in [5, 5.41) is 14.2. The van der Waals surface area contributed by atoms with Gasteiger partial charge in [-0.1, -0.05) is 31.7 Å². The molecule has 4 aromatic rings. The Labute approximate surface area is 214 Å². The summed E-state index contributed by atoms with van der Waals surface area (Å²) in [4.78, 5) is 20.9. The van der Waals surface area contributed by atoms with Crippen LogP contribution in [0.25, 0.3) is 17.1 Å². The first kappa shape index (κ1) is 25.8. The summed E-state index contributed by atoms with van der Waals surface area (Å²) in [5.74, 6) is 0.807. The molecule has 1 aromatic carbocycles. The summed E-state index contributed by atoms with van der Waals surface area (Å²) in [6.07, 6.45) is -1.33. The average molecular weight is 533 g/mol. The highest BCUT2D eigenvalue weighted by atomic mass is 32.2. The SMILES string of the molecule is CC(C)C(C)NC(=O)c1csc(CSc2nnc(-c3ccncc3)n2-c2cccc(C(F)(F)F)c2)n1. The van der Waals surface area contributed by atoms with Gasteiger partial charge in [0.25, 0.3) is 5.91 Å². The van der Waals surface area contributed by atoms with Gasteiger partial charge in [-0.25, -0.2) is 4.98 Å². The highest BCUT2D eigenvalue weighted by Gasteiger charge is 2.31. The van der Waals surface area contributed by atoms with Crippen molar-refractivity contribution in [3.05, 3.63) is 70.4 Å². The smallest absolute Gasteiger partial charge is 0.348 e. The summed E-state index contributed by atoms with van der Waals surface area (Å²) in [6, 6.07) is 8.46. The number of thioether (sulfide) groups is 1. The van der Waals surface area contributed by atoms with Crippen LogP contribution in [0.2, 0.25) is 0 Å². The van der Waals surface area contributed by atoms with Crippen LogP contribution in [0.5, 0.6) is 0 Å². The van der Waals surface area contributed by atoms with Gasteiger partial charge in [0.05, 0.1) is 17.0 Å². The van der Waals surface area contributed by atoms with E-state index in [4.69, 9.17) is 0 Å². The zero-order chi connectivity index (χ0) is 25.9. The Morgan fingerprint density at radius 3 is 2.58 bits per heavy atom. The predicted octanol–water partition coefficient (Wildman–Crippen LogP) is 5.87. The van der Waals surface area contributed by atoms with Gasteiger partial charge >= 0.3 is 6.18 Å². The number of nitrogens with zero attached hydrogens (tertiary/aromatic N) is 5. The fourth-order valence-corrected chi connectivity index (χ4v) is 4.90. The van der Waals surface area contributed by atoms with Crippen LogP contribution in [0.4, 0.5) is 13.2 Å². The topological polar surface area (TPSA) is 85.6 Å². The Morgan fingerprint density at radius 2 is 1.89 bits per heavy atom. The molecule has 7 nitrogen and oxygen atoms in total. The Kier molecular flexibility index (Phi) is 7.74. The zero-order valence-corrected chi connectivity index (χ0v) is 21.3. The first-order valence-corrected chi connectivity index (χ1v) is 12.9. The number of pyridine rings is 1. The molecule has 0 saturated carbocycles. The molecule has 0 aliphatic rings. The number of carbonyl (C=O) groups excluding carboxylic acids is 1. The number of nitrogens with one attached hydrogen (secondary N) is 1. The van der Waals surface area contributed by atoms with Gasteiger partial charge < -0.3 is 5.32 Å². The fraction of sp³-hybridized carbons (Fsp3) is 0.292. The van der Waals surface area contributed by atoms with Gasteiger partial charge in [0.15, 0.2) is 11.0 Å². The lowest BCUT2D eigenvalue weighted by Gasteiger charge is -2.16. The van der Waals surface area contributed by atoms with Crippen LogP contribution < -0.4 is 5.32 Å². The number of hydrogen-bond acceptors (Lipinski definition) is 7. The number of carbonyl (C=O) groups is 1. The Hall–Kier alpha value is -3.25. The van der Waals surface area contributed by atoms with Crippen molar-refractivity contribution >= 4 is 29.0 Å². The van der Waals surface area contributed by atoms with Gasteiger partial charge in [0, 0.05) is 29.4 Å². The zero-order valence-electron chi connectivity index (χ0n) is 19.7. The number of benzene rings is 1. The number of amides is 1. The minimum absolute atomic E-state index is 0.00893. The summed E-state index contributed by atoms with van der Waals surface area (Å²) >= 11 is 2.61. The van der Waals surface area contributed by atoms with Gasteiger partial charge in [-0.15, -0.1) is 21.5 Å². The molecule has 0 aliphatic heterocycles. The van der Waals surface area contributed by atoms with E-state index in [2.05, 4.69) is 25.5 Å². The predicted molar refractivity (Wildman–Crippen MR) is 133 cm³/mol. The molecule has 0 radical (unpaired) electrons. The molecule has 3 aromatic heterocycles. The van der Waals surface area contributed by atoms with E-state index >= 15 is 0 Å².